The highest BCUT2D eigenvalue weighted by Gasteiger charge is 2.54. The van der Waals surface area contributed by atoms with Crippen LogP contribution in [0.3, 0.4) is 0 Å². The summed E-state index contributed by atoms with van der Waals surface area (Å²) < 4.78 is 5.46. The third-order valence-electron chi connectivity index (χ3n) is 4.74. The van der Waals surface area contributed by atoms with Gasteiger partial charge in [0.05, 0.1) is 12.0 Å². The van der Waals surface area contributed by atoms with Gasteiger partial charge in [-0.25, -0.2) is 9.97 Å². The van der Waals surface area contributed by atoms with E-state index >= 15 is 0 Å². The second-order valence-corrected chi connectivity index (χ2v) is 6.33. The van der Waals surface area contributed by atoms with Crippen LogP contribution in [0, 0.1) is 11.3 Å². The first-order valence-corrected chi connectivity index (χ1v) is 7.41. The number of carboxylic acid groups (broad SMARTS) is 1. The van der Waals surface area contributed by atoms with E-state index in [2.05, 4.69) is 23.8 Å². The molecule has 1 N–H and O–H groups in total. The third-order valence-corrected chi connectivity index (χ3v) is 4.74. The zero-order valence-corrected chi connectivity index (χ0v) is 12.5. The number of hydrogen-bond acceptors (Lipinski definition) is 5. The topological polar surface area (TPSA) is 75.6 Å². The zero-order valence-electron chi connectivity index (χ0n) is 12.5. The van der Waals surface area contributed by atoms with Gasteiger partial charge in [0.1, 0.15) is 0 Å². The van der Waals surface area contributed by atoms with E-state index in [-0.39, 0.29) is 5.92 Å². The third kappa shape index (κ3) is 2.37. The van der Waals surface area contributed by atoms with Gasteiger partial charge in [-0.15, -0.1) is 0 Å². The number of aromatic nitrogens is 2. The molecule has 1 aromatic rings. The first-order chi connectivity index (χ1) is 10.0. The number of hydrogen-bond donors (Lipinski definition) is 1. The van der Waals surface area contributed by atoms with Gasteiger partial charge in [-0.1, -0.05) is 13.8 Å². The number of rotatable bonds is 3. The standard InChI is InChI=1S/C15H21N3O3/c1-10(2)11-5-16-14(17-6-11)18-7-12-8-21-4-3-15(12,9-18)13(19)20/h5-6,10,12H,3-4,7-9H2,1-2H3,(H,19,20)/t12-,15+/m1/s1. The van der Waals surface area contributed by atoms with Crippen LogP contribution in [0.5, 0.6) is 0 Å². The Morgan fingerprint density at radius 3 is 2.76 bits per heavy atom. The Morgan fingerprint density at radius 2 is 2.19 bits per heavy atom. The van der Waals surface area contributed by atoms with Crippen LogP contribution < -0.4 is 4.90 Å². The molecular formula is C15H21N3O3. The number of anilines is 1. The largest absolute Gasteiger partial charge is 0.481 e. The van der Waals surface area contributed by atoms with Crippen LogP contribution in [0.4, 0.5) is 5.95 Å². The van der Waals surface area contributed by atoms with Crippen molar-refractivity contribution in [2.45, 2.75) is 26.2 Å². The minimum atomic E-state index is -0.725. The van der Waals surface area contributed by atoms with Crippen LogP contribution >= 0.6 is 0 Å². The molecule has 0 saturated carbocycles. The zero-order chi connectivity index (χ0) is 15.0. The predicted octanol–water partition coefficient (Wildman–Crippen LogP) is 1.53. The van der Waals surface area contributed by atoms with Crippen molar-refractivity contribution in [1.29, 1.82) is 0 Å². The quantitative estimate of drug-likeness (QED) is 0.910. The number of carbonyl (C=O) groups is 1. The number of fused-ring (bicyclic) bond motifs is 1. The fourth-order valence-electron chi connectivity index (χ4n) is 3.24. The molecule has 0 aliphatic carbocycles. The van der Waals surface area contributed by atoms with Crippen molar-refractivity contribution in [3.63, 3.8) is 0 Å². The molecule has 2 atom stereocenters. The molecule has 2 fully saturated rings. The summed E-state index contributed by atoms with van der Waals surface area (Å²) in [5.74, 6) is 0.294. The highest BCUT2D eigenvalue weighted by molar-refractivity contribution is 5.77. The Balaban J connectivity index is 1.83. The first-order valence-electron chi connectivity index (χ1n) is 7.41. The molecule has 1 aromatic heterocycles. The number of ether oxygens (including phenoxy) is 1. The molecule has 0 spiro atoms. The summed E-state index contributed by atoms with van der Waals surface area (Å²) in [6, 6.07) is 0. The molecule has 6 heteroatoms. The minimum absolute atomic E-state index is 0.0112. The maximum atomic E-state index is 11.8. The second kappa shape index (κ2) is 5.26. The summed E-state index contributed by atoms with van der Waals surface area (Å²) in [6.07, 6.45) is 4.23. The molecule has 0 amide bonds. The Morgan fingerprint density at radius 1 is 1.48 bits per heavy atom. The van der Waals surface area contributed by atoms with E-state index in [4.69, 9.17) is 4.74 Å². The van der Waals surface area contributed by atoms with Crippen molar-refractivity contribution < 1.29 is 14.6 Å². The summed E-state index contributed by atoms with van der Waals surface area (Å²) in [5.41, 5.74) is 0.379. The van der Waals surface area contributed by atoms with Crippen molar-refractivity contribution in [3.05, 3.63) is 18.0 Å². The minimum Gasteiger partial charge on any atom is -0.481 e. The van der Waals surface area contributed by atoms with E-state index < -0.39 is 11.4 Å². The van der Waals surface area contributed by atoms with Crippen LogP contribution in [-0.4, -0.2) is 47.3 Å². The maximum absolute atomic E-state index is 11.8. The molecule has 0 bridgehead atoms. The van der Waals surface area contributed by atoms with Crippen molar-refractivity contribution in [2.75, 3.05) is 31.2 Å². The van der Waals surface area contributed by atoms with Gasteiger partial charge in [0.15, 0.2) is 0 Å². The summed E-state index contributed by atoms with van der Waals surface area (Å²) in [4.78, 5) is 22.6. The monoisotopic (exact) mass is 291 g/mol. The van der Waals surface area contributed by atoms with Crippen molar-refractivity contribution in [1.82, 2.24) is 9.97 Å². The second-order valence-electron chi connectivity index (χ2n) is 6.33. The number of aliphatic carboxylic acids is 1. The van der Waals surface area contributed by atoms with Gasteiger partial charge in [0, 0.05) is 38.0 Å². The lowest BCUT2D eigenvalue weighted by molar-refractivity contribution is -0.157. The Bertz CT molecular complexity index is 531. The molecule has 0 unspecified atom stereocenters. The average molecular weight is 291 g/mol. The fourth-order valence-corrected chi connectivity index (χ4v) is 3.24. The normalized spacial score (nSPS) is 28.7. The van der Waals surface area contributed by atoms with Crippen molar-refractivity contribution in [2.24, 2.45) is 11.3 Å². The molecule has 0 aromatic carbocycles. The van der Waals surface area contributed by atoms with Crippen LogP contribution in [0.2, 0.25) is 0 Å². The Kier molecular flexibility index (Phi) is 3.57. The highest BCUT2D eigenvalue weighted by Crippen LogP contribution is 2.43. The van der Waals surface area contributed by atoms with Gasteiger partial charge in [0.2, 0.25) is 5.95 Å². The van der Waals surface area contributed by atoms with Crippen LogP contribution in [0.1, 0.15) is 31.7 Å². The van der Waals surface area contributed by atoms with Crippen LogP contribution in [0.25, 0.3) is 0 Å². The van der Waals surface area contributed by atoms with Crippen LogP contribution in [0.15, 0.2) is 12.4 Å². The highest BCUT2D eigenvalue weighted by atomic mass is 16.5. The van der Waals surface area contributed by atoms with Gasteiger partial charge in [0.25, 0.3) is 0 Å². The summed E-state index contributed by atoms with van der Waals surface area (Å²) in [6.45, 7) is 6.33. The lowest BCUT2D eigenvalue weighted by Crippen LogP contribution is -2.44. The molecule has 3 rings (SSSR count). The molecule has 2 aliphatic rings. The molecule has 114 valence electrons. The molecular weight excluding hydrogens is 270 g/mol. The number of carboxylic acids is 1. The molecule has 2 aliphatic heterocycles. The summed E-state index contributed by atoms with van der Waals surface area (Å²) in [5, 5.41) is 9.66. The van der Waals surface area contributed by atoms with Gasteiger partial charge in [-0.2, -0.15) is 0 Å². The number of nitrogens with zero attached hydrogens (tertiary/aromatic N) is 3. The molecule has 3 heterocycles. The van der Waals surface area contributed by atoms with Gasteiger partial charge < -0.3 is 14.7 Å². The summed E-state index contributed by atoms with van der Waals surface area (Å²) >= 11 is 0. The lowest BCUT2D eigenvalue weighted by Gasteiger charge is -2.33. The SMILES string of the molecule is CC(C)c1cnc(N2C[C@@H]3COCC[C@]3(C(=O)O)C2)nc1. The van der Waals surface area contributed by atoms with E-state index in [9.17, 15) is 9.90 Å². The molecule has 6 nitrogen and oxygen atoms in total. The average Bonchev–Trinajstić information content (AvgIpc) is 2.88. The van der Waals surface area contributed by atoms with Gasteiger partial charge in [-0.3, -0.25) is 4.79 Å². The fraction of sp³-hybridized carbons (Fsp3) is 0.667. The van der Waals surface area contributed by atoms with Crippen molar-refractivity contribution >= 4 is 11.9 Å². The lowest BCUT2D eigenvalue weighted by atomic mass is 9.74. The smallest absolute Gasteiger partial charge is 0.311 e. The predicted molar refractivity (Wildman–Crippen MR) is 77.3 cm³/mol. The van der Waals surface area contributed by atoms with E-state index in [0.29, 0.717) is 44.6 Å². The van der Waals surface area contributed by atoms with E-state index in [1.54, 1.807) is 0 Å². The van der Waals surface area contributed by atoms with Gasteiger partial charge >= 0.3 is 5.97 Å². The van der Waals surface area contributed by atoms with E-state index in [1.807, 2.05) is 17.3 Å². The van der Waals surface area contributed by atoms with Crippen LogP contribution in [-0.2, 0) is 9.53 Å². The Labute approximate surface area is 124 Å². The maximum Gasteiger partial charge on any atom is 0.311 e. The van der Waals surface area contributed by atoms with E-state index in [0.717, 1.165) is 5.56 Å². The molecule has 2 saturated heterocycles. The Hall–Kier alpha value is -1.69. The van der Waals surface area contributed by atoms with E-state index in [1.165, 1.54) is 0 Å². The molecule has 21 heavy (non-hydrogen) atoms. The first kappa shape index (κ1) is 14.3. The van der Waals surface area contributed by atoms with Gasteiger partial charge in [-0.05, 0) is 17.9 Å². The summed E-state index contributed by atoms with van der Waals surface area (Å²) in [7, 11) is 0. The molecule has 0 radical (unpaired) electrons. The van der Waals surface area contributed by atoms with Crippen molar-refractivity contribution in [3.8, 4) is 0 Å².